The molecule has 4 heteroatoms. The summed E-state index contributed by atoms with van der Waals surface area (Å²) >= 11 is 0. The largest absolute Gasteiger partial charge is 0.399 e. The van der Waals surface area contributed by atoms with E-state index in [-0.39, 0.29) is 5.91 Å². The van der Waals surface area contributed by atoms with Gasteiger partial charge in [0, 0.05) is 30.9 Å². The molecule has 2 aromatic rings. The number of hydrogen-bond acceptors (Lipinski definition) is 3. The van der Waals surface area contributed by atoms with Gasteiger partial charge in [0.1, 0.15) is 0 Å². The lowest BCUT2D eigenvalue weighted by atomic mass is 9.99. The van der Waals surface area contributed by atoms with Gasteiger partial charge in [0.2, 0.25) is 0 Å². The molecule has 1 saturated heterocycles. The number of nitrogen functional groups attached to an aromatic ring is 1. The van der Waals surface area contributed by atoms with Gasteiger partial charge in [-0.15, -0.1) is 0 Å². The quantitative estimate of drug-likeness (QED) is 0.822. The van der Waals surface area contributed by atoms with Crippen molar-refractivity contribution in [3.05, 3.63) is 65.2 Å². The van der Waals surface area contributed by atoms with E-state index < -0.39 is 0 Å². The normalized spacial score (nSPS) is 18.0. The molecule has 2 aromatic carbocycles. The summed E-state index contributed by atoms with van der Waals surface area (Å²) in [6.07, 6.45) is 2.60. The molecule has 0 saturated carbocycles. The number of nitrogens with one attached hydrogen (secondary N) is 1. The second kappa shape index (κ2) is 8.17. The number of amides is 1. The zero-order chi connectivity index (χ0) is 17.6. The Labute approximate surface area is 150 Å². The van der Waals surface area contributed by atoms with Gasteiger partial charge in [0.15, 0.2) is 0 Å². The highest BCUT2D eigenvalue weighted by Gasteiger charge is 2.17. The smallest absolute Gasteiger partial charge is 0.251 e. The minimum atomic E-state index is -0.0682. The van der Waals surface area contributed by atoms with Crippen molar-refractivity contribution in [3.8, 4) is 0 Å². The second-order valence-electron chi connectivity index (χ2n) is 7.06. The molecule has 0 aliphatic carbocycles. The minimum Gasteiger partial charge on any atom is -0.399 e. The third kappa shape index (κ3) is 4.83. The van der Waals surface area contributed by atoms with Gasteiger partial charge in [-0.25, -0.2) is 0 Å². The van der Waals surface area contributed by atoms with Gasteiger partial charge in [-0.2, -0.15) is 0 Å². The molecule has 1 atom stereocenters. The van der Waals surface area contributed by atoms with Crippen LogP contribution in [0.3, 0.4) is 0 Å². The topological polar surface area (TPSA) is 58.4 Å². The fourth-order valence-electron chi connectivity index (χ4n) is 3.47. The van der Waals surface area contributed by atoms with Crippen molar-refractivity contribution < 1.29 is 4.79 Å². The van der Waals surface area contributed by atoms with Gasteiger partial charge in [0.05, 0.1) is 0 Å². The van der Waals surface area contributed by atoms with Crippen molar-refractivity contribution in [2.24, 2.45) is 5.92 Å². The summed E-state index contributed by atoms with van der Waals surface area (Å²) in [6, 6.07) is 15.4. The van der Waals surface area contributed by atoms with Gasteiger partial charge in [-0.05, 0) is 60.7 Å². The van der Waals surface area contributed by atoms with Crippen LogP contribution in [0.2, 0.25) is 0 Å². The van der Waals surface area contributed by atoms with Gasteiger partial charge in [0.25, 0.3) is 5.91 Å². The number of benzene rings is 2. The zero-order valence-corrected chi connectivity index (χ0v) is 14.9. The van der Waals surface area contributed by atoms with Gasteiger partial charge < -0.3 is 11.1 Å². The lowest BCUT2D eigenvalue weighted by Gasteiger charge is -2.31. The summed E-state index contributed by atoms with van der Waals surface area (Å²) < 4.78 is 0. The first-order chi connectivity index (χ1) is 12.1. The molecule has 25 heavy (non-hydrogen) atoms. The molecule has 1 amide bonds. The second-order valence-corrected chi connectivity index (χ2v) is 7.06. The van der Waals surface area contributed by atoms with Gasteiger partial charge in [-0.3, -0.25) is 9.69 Å². The number of nitrogens with zero attached hydrogens (tertiary/aromatic N) is 1. The maximum absolute atomic E-state index is 12.3. The summed E-state index contributed by atoms with van der Waals surface area (Å²) in [5.41, 5.74) is 9.46. The van der Waals surface area contributed by atoms with Crippen LogP contribution in [0.5, 0.6) is 0 Å². The van der Waals surface area contributed by atoms with Crippen LogP contribution in [0, 0.1) is 5.92 Å². The van der Waals surface area contributed by atoms with Crippen molar-refractivity contribution in [2.75, 3.05) is 18.8 Å². The lowest BCUT2D eigenvalue weighted by Crippen LogP contribution is -2.34. The summed E-state index contributed by atoms with van der Waals surface area (Å²) in [5.74, 6) is 0.701. The number of nitrogens with two attached hydrogens (primary N) is 1. The number of carbonyl (C=O) groups is 1. The van der Waals surface area contributed by atoms with E-state index in [9.17, 15) is 4.79 Å². The number of rotatable bonds is 5. The molecule has 1 aliphatic rings. The van der Waals surface area contributed by atoms with Crippen LogP contribution in [0.15, 0.2) is 48.5 Å². The van der Waals surface area contributed by atoms with Crippen LogP contribution in [0.25, 0.3) is 0 Å². The van der Waals surface area contributed by atoms with E-state index in [0.29, 0.717) is 17.8 Å². The van der Waals surface area contributed by atoms with E-state index in [1.165, 1.54) is 24.0 Å². The molecule has 0 aromatic heterocycles. The summed E-state index contributed by atoms with van der Waals surface area (Å²) in [7, 11) is 0. The number of carbonyl (C=O) groups excluding carboxylic acids is 1. The maximum atomic E-state index is 12.3. The Hall–Kier alpha value is -2.33. The SMILES string of the molecule is CC1CCCN(Cc2ccccc2CNC(=O)c2ccc(N)cc2)C1. The van der Waals surface area contributed by atoms with Crippen molar-refractivity contribution >= 4 is 11.6 Å². The van der Waals surface area contributed by atoms with Crippen LogP contribution in [-0.2, 0) is 13.1 Å². The number of piperidine rings is 1. The first-order valence-electron chi connectivity index (χ1n) is 9.04. The highest BCUT2D eigenvalue weighted by atomic mass is 16.1. The summed E-state index contributed by atoms with van der Waals surface area (Å²) in [5, 5.41) is 3.02. The fourth-order valence-corrected chi connectivity index (χ4v) is 3.47. The Morgan fingerprint density at radius 2 is 1.88 bits per heavy atom. The van der Waals surface area contributed by atoms with Crippen LogP contribution in [-0.4, -0.2) is 23.9 Å². The van der Waals surface area contributed by atoms with E-state index in [4.69, 9.17) is 5.73 Å². The van der Waals surface area contributed by atoms with E-state index >= 15 is 0 Å². The maximum Gasteiger partial charge on any atom is 0.251 e. The molecular weight excluding hydrogens is 310 g/mol. The lowest BCUT2D eigenvalue weighted by molar-refractivity contribution is 0.0950. The van der Waals surface area contributed by atoms with Crippen molar-refractivity contribution in [1.82, 2.24) is 10.2 Å². The predicted octanol–water partition coefficient (Wildman–Crippen LogP) is 3.43. The Balaban J connectivity index is 1.62. The number of likely N-dealkylation sites (tertiary alicyclic amines) is 1. The number of hydrogen-bond donors (Lipinski definition) is 2. The molecule has 1 unspecified atom stereocenters. The molecule has 3 N–H and O–H groups in total. The standard InChI is InChI=1S/C21H27N3O/c1-16-5-4-12-24(14-16)15-19-7-3-2-6-18(19)13-23-21(25)17-8-10-20(22)11-9-17/h2-3,6-11,16H,4-5,12-15,22H2,1H3,(H,23,25). The Morgan fingerprint density at radius 1 is 1.16 bits per heavy atom. The van der Waals surface area contributed by atoms with E-state index in [2.05, 4.69) is 35.3 Å². The Bertz CT molecular complexity index is 711. The van der Waals surface area contributed by atoms with Crippen LogP contribution in [0.4, 0.5) is 5.69 Å². The van der Waals surface area contributed by atoms with Crippen LogP contribution in [0.1, 0.15) is 41.3 Å². The van der Waals surface area contributed by atoms with Crippen molar-refractivity contribution in [2.45, 2.75) is 32.9 Å². The highest BCUT2D eigenvalue weighted by Crippen LogP contribution is 2.19. The monoisotopic (exact) mass is 337 g/mol. The molecule has 3 rings (SSSR count). The van der Waals surface area contributed by atoms with E-state index in [1.807, 2.05) is 6.07 Å². The number of anilines is 1. The van der Waals surface area contributed by atoms with Crippen molar-refractivity contribution in [3.63, 3.8) is 0 Å². The fraction of sp³-hybridized carbons (Fsp3) is 0.381. The molecule has 0 bridgehead atoms. The zero-order valence-electron chi connectivity index (χ0n) is 14.9. The molecule has 4 nitrogen and oxygen atoms in total. The van der Waals surface area contributed by atoms with Crippen molar-refractivity contribution in [1.29, 1.82) is 0 Å². The molecule has 0 radical (unpaired) electrons. The van der Waals surface area contributed by atoms with E-state index in [0.717, 1.165) is 25.6 Å². The molecule has 1 heterocycles. The van der Waals surface area contributed by atoms with Crippen LogP contribution >= 0.6 is 0 Å². The third-order valence-electron chi connectivity index (χ3n) is 4.87. The first-order valence-corrected chi connectivity index (χ1v) is 9.04. The Kier molecular flexibility index (Phi) is 5.71. The molecule has 1 fully saturated rings. The minimum absolute atomic E-state index is 0.0682. The summed E-state index contributed by atoms with van der Waals surface area (Å²) in [6.45, 7) is 6.15. The molecule has 0 spiro atoms. The highest BCUT2D eigenvalue weighted by molar-refractivity contribution is 5.94. The van der Waals surface area contributed by atoms with Gasteiger partial charge >= 0.3 is 0 Å². The average Bonchev–Trinajstić information content (AvgIpc) is 2.61. The van der Waals surface area contributed by atoms with Crippen LogP contribution < -0.4 is 11.1 Å². The predicted molar refractivity (Wildman–Crippen MR) is 102 cm³/mol. The Morgan fingerprint density at radius 3 is 2.60 bits per heavy atom. The van der Waals surface area contributed by atoms with Gasteiger partial charge in [-0.1, -0.05) is 31.2 Å². The molecular formula is C21H27N3O. The average molecular weight is 337 g/mol. The van der Waals surface area contributed by atoms with E-state index in [1.54, 1.807) is 24.3 Å². The molecule has 132 valence electrons. The third-order valence-corrected chi connectivity index (χ3v) is 4.87. The summed E-state index contributed by atoms with van der Waals surface area (Å²) in [4.78, 5) is 14.8. The first kappa shape index (κ1) is 17.5. The molecule has 1 aliphatic heterocycles.